The lowest BCUT2D eigenvalue weighted by molar-refractivity contribution is 0.0497. The minimum atomic E-state index is -0.487. The normalized spacial score (nSPS) is 10.6. The van der Waals surface area contributed by atoms with E-state index in [1.165, 1.54) is 37.5 Å². The Morgan fingerprint density at radius 2 is 1.45 bits per heavy atom. The maximum Gasteiger partial charge on any atom is 0.338 e. The van der Waals surface area contributed by atoms with Gasteiger partial charge in [-0.3, -0.25) is 0 Å². The number of aromatic hydroxyl groups is 2. The molecular formula is C17H26O5. The van der Waals surface area contributed by atoms with E-state index in [1.807, 2.05) is 0 Å². The summed E-state index contributed by atoms with van der Waals surface area (Å²) in [5, 5.41) is 27.2. The van der Waals surface area contributed by atoms with Gasteiger partial charge in [-0.2, -0.15) is 0 Å². The maximum atomic E-state index is 11.7. The predicted octanol–water partition coefficient (Wildman–Crippen LogP) is 3.37. The molecule has 124 valence electrons. The van der Waals surface area contributed by atoms with Crippen LogP contribution in [-0.2, 0) is 4.74 Å². The first kappa shape index (κ1) is 18.3. The number of unbranched alkanes of at least 4 members (excludes halogenated alkanes) is 7. The SMILES string of the molecule is O=C(OCCCCCCCCCCO)c1ccc(O)c(O)c1. The molecule has 0 aliphatic heterocycles. The van der Waals surface area contributed by atoms with Crippen LogP contribution in [0.2, 0.25) is 0 Å². The van der Waals surface area contributed by atoms with E-state index in [9.17, 15) is 15.0 Å². The molecular weight excluding hydrogens is 284 g/mol. The number of hydrogen-bond acceptors (Lipinski definition) is 5. The van der Waals surface area contributed by atoms with Crippen molar-refractivity contribution in [1.82, 2.24) is 0 Å². The number of phenolic OH excluding ortho intramolecular Hbond substituents is 2. The Balaban J connectivity index is 2.04. The van der Waals surface area contributed by atoms with Crippen LogP contribution in [0.15, 0.2) is 18.2 Å². The monoisotopic (exact) mass is 310 g/mol. The largest absolute Gasteiger partial charge is 0.504 e. The van der Waals surface area contributed by atoms with Crippen LogP contribution in [0, 0.1) is 0 Å². The minimum Gasteiger partial charge on any atom is -0.504 e. The van der Waals surface area contributed by atoms with Crippen molar-refractivity contribution in [2.45, 2.75) is 51.4 Å². The van der Waals surface area contributed by atoms with Crippen LogP contribution in [-0.4, -0.2) is 34.5 Å². The van der Waals surface area contributed by atoms with Crippen molar-refractivity contribution in [3.63, 3.8) is 0 Å². The number of carbonyl (C=O) groups excluding carboxylic acids is 1. The van der Waals surface area contributed by atoms with Crippen LogP contribution in [0.1, 0.15) is 61.7 Å². The molecule has 0 aliphatic carbocycles. The summed E-state index contributed by atoms with van der Waals surface area (Å²) in [6, 6.07) is 3.89. The van der Waals surface area contributed by atoms with Gasteiger partial charge in [-0.05, 0) is 31.0 Å². The van der Waals surface area contributed by atoms with Crippen LogP contribution in [0.4, 0.5) is 0 Å². The van der Waals surface area contributed by atoms with Crippen LogP contribution < -0.4 is 0 Å². The fraction of sp³-hybridized carbons (Fsp3) is 0.588. The fourth-order valence-electron chi connectivity index (χ4n) is 2.17. The van der Waals surface area contributed by atoms with Crippen LogP contribution in [0.25, 0.3) is 0 Å². The molecule has 0 aromatic heterocycles. The maximum absolute atomic E-state index is 11.7. The van der Waals surface area contributed by atoms with Gasteiger partial charge in [0.25, 0.3) is 0 Å². The predicted molar refractivity (Wildman–Crippen MR) is 84.1 cm³/mol. The first-order chi connectivity index (χ1) is 10.6. The number of aliphatic hydroxyl groups excluding tert-OH is 1. The molecule has 22 heavy (non-hydrogen) atoms. The molecule has 0 aliphatic rings. The van der Waals surface area contributed by atoms with Gasteiger partial charge in [-0.15, -0.1) is 0 Å². The molecule has 1 aromatic rings. The first-order valence-electron chi connectivity index (χ1n) is 7.95. The lowest BCUT2D eigenvalue weighted by Gasteiger charge is -2.06. The Morgan fingerprint density at radius 1 is 0.864 bits per heavy atom. The van der Waals surface area contributed by atoms with Gasteiger partial charge >= 0.3 is 5.97 Å². The quantitative estimate of drug-likeness (QED) is 0.331. The zero-order valence-electron chi connectivity index (χ0n) is 13.0. The Labute approximate surface area is 131 Å². The number of phenols is 2. The van der Waals surface area contributed by atoms with Gasteiger partial charge < -0.3 is 20.1 Å². The van der Waals surface area contributed by atoms with E-state index in [2.05, 4.69) is 0 Å². The number of carbonyl (C=O) groups is 1. The van der Waals surface area contributed by atoms with Gasteiger partial charge in [0.15, 0.2) is 11.5 Å². The number of aliphatic hydroxyl groups is 1. The third-order valence-corrected chi connectivity index (χ3v) is 3.50. The molecule has 0 saturated carbocycles. The highest BCUT2D eigenvalue weighted by atomic mass is 16.5. The van der Waals surface area contributed by atoms with Crippen LogP contribution in [0.3, 0.4) is 0 Å². The van der Waals surface area contributed by atoms with Crippen molar-refractivity contribution < 1.29 is 24.9 Å². The number of benzene rings is 1. The number of ether oxygens (including phenoxy) is 1. The smallest absolute Gasteiger partial charge is 0.338 e. The molecule has 0 bridgehead atoms. The zero-order valence-corrected chi connectivity index (χ0v) is 13.0. The highest BCUT2D eigenvalue weighted by Crippen LogP contribution is 2.25. The number of rotatable bonds is 11. The van der Waals surface area contributed by atoms with Gasteiger partial charge in [-0.1, -0.05) is 38.5 Å². The molecule has 0 radical (unpaired) electrons. The average molecular weight is 310 g/mol. The van der Waals surface area contributed by atoms with Crippen LogP contribution >= 0.6 is 0 Å². The molecule has 0 atom stereocenters. The lowest BCUT2D eigenvalue weighted by Crippen LogP contribution is -2.06. The molecule has 1 aromatic carbocycles. The Morgan fingerprint density at radius 3 is 2.05 bits per heavy atom. The van der Waals surface area contributed by atoms with Gasteiger partial charge in [0, 0.05) is 6.61 Å². The summed E-state index contributed by atoms with van der Waals surface area (Å²) in [5.41, 5.74) is 0.235. The molecule has 3 N–H and O–H groups in total. The van der Waals surface area contributed by atoms with Crippen molar-refractivity contribution >= 4 is 5.97 Å². The Bertz CT molecular complexity index is 445. The van der Waals surface area contributed by atoms with E-state index in [4.69, 9.17) is 9.84 Å². The zero-order chi connectivity index (χ0) is 16.2. The summed E-state index contributed by atoms with van der Waals surface area (Å²) in [4.78, 5) is 11.7. The molecule has 0 heterocycles. The lowest BCUT2D eigenvalue weighted by atomic mass is 10.1. The van der Waals surface area contributed by atoms with E-state index >= 15 is 0 Å². The fourth-order valence-corrected chi connectivity index (χ4v) is 2.17. The van der Waals surface area contributed by atoms with Crippen molar-refractivity contribution in [3.05, 3.63) is 23.8 Å². The Kier molecular flexibility index (Phi) is 9.07. The number of esters is 1. The van der Waals surface area contributed by atoms with Gasteiger partial charge in [-0.25, -0.2) is 4.79 Å². The molecule has 0 amide bonds. The third kappa shape index (κ3) is 7.31. The Hall–Kier alpha value is -1.75. The van der Waals surface area contributed by atoms with Crippen molar-refractivity contribution in [1.29, 1.82) is 0 Å². The van der Waals surface area contributed by atoms with E-state index < -0.39 is 5.97 Å². The summed E-state index contributed by atoms with van der Waals surface area (Å²) in [7, 11) is 0. The molecule has 0 unspecified atom stereocenters. The molecule has 0 spiro atoms. The second-order valence-corrected chi connectivity index (χ2v) is 5.39. The highest BCUT2D eigenvalue weighted by molar-refractivity contribution is 5.90. The van der Waals surface area contributed by atoms with Crippen molar-refractivity contribution in [2.75, 3.05) is 13.2 Å². The standard InChI is InChI=1S/C17H26O5/c18-11-7-5-3-1-2-4-6-8-12-22-17(21)14-9-10-15(19)16(20)13-14/h9-10,13,18-20H,1-8,11-12H2. The summed E-state index contributed by atoms with van der Waals surface area (Å²) in [6.45, 7) is 0.648. The first-order valence-corrected chi connectivity index (χ1v) is 7.95. The third-order valence-electron chi connectivity index (χ3n) is 3.50. The van der Waals surface area contributed by atoms with E-state index in [0.717, 1.165) is 32.1 Å². The van der Waals surface area contributed by atoms with Crippen LogP contribution in [0.5, 0.6) is 11.5 Å². The second-order valence-electron chi connectivity index (χ2n) is 5.39. The van der Waals surface area contributed by atoms with Crippen molar-refractivity contribution in [3.8, 4) is 11.5 Å². The summed E-state index contributed by atoms with van der Waals surface area (Å²) >= 11 is 0. The molecule has 0 fully saturated rings. The molecule has 5 heteroatoms. The molecule has 0 saturated heterocycles. The molecule has 5 nitrogen and oxygen atoms in total. The topological polar surface area (TPSA) is 87.0 Å². The number of hydrogen-bond donors (Lipinski definition) is 3. The van der Waals surface area contributed by atoms with Gasteiger partial charge in [0.1, 0.15) is 0 Å². The van der Waals surface area contributed by atoms with Gasteiger partial charge in [0.2, 0.25) is 0 Å². The summed E-state index contributed by atoms with van der Waals surface area (Å²) in [6.07, 6.45) is 8.48. The highest BCUT2D eigenvalue weighted by Gasteiger charge is 2.09. The summed E-state index contributed by atoms with van der Waals surface area (Å²) < 4.78 is 5.12. The molecule has 1 rings (SSSR count). The van der Waals surface area contributed by atoms with Crippen molar-refractivity contribution in [2.24, 2.45) is 0 Å². The average Bonchev–Trinajstić information content (AvgIpc) is 2.51. The van der Waals surface area contributed by atoms with E-state index in [-0.39, 0.29) is 23.7 Å². The van der Waals surface area contributed by atoms with E-state index in [0.29, 0.717) is 6.61 Å². The van der Waals surface area contributed by atoms with E-state index in [1.54, 1.807) is 0 Å². The summed E-state index contributed by atoms with van der Waals surface area (Å²) in [5.74, 6) is -1.06. The second kappa shape index (κ2) is 10.9. The minimum absolute atomic E-state index is 0.235. The van der Waals surface area contributed by atoms with Gasteiger partial charge in [0.05, 0.1) is 12.2 Å².